The predicted molar refractivity (Wildman–Crippen MR) is 63.4 cm³/mol. The minimum Gasteiger partial charge on any atom is -0.461 e. The normalized spacial score (nSPS) is 30.0. The molecule has 1 aliphatic rings. The van der Waals surface area contributed by atoms with Gasteiger partial charge in [0.25, 0.3) is 0 Å². The van der Waals surface area contributed by atoms with Gasteiger partial charge < -0.3 is 9.52 Å². The van der Waals surface area contributed by atoms with Gasteiger partial charge in [-0.1, -0.05) is 25.1 Å². The van der Waals surface area contributed by atoms with Crippen molar-refractivity contribution in [2.75, 3.05) is 0 Å². The van der Waals surface area contributed by atoms with Gasteiger partial charge in [-0.3, -0.25) is 0 Å². The molecule has 3 atom stereocenters. The zero-order valence-electron chi connectivity index (χ0n) is 9.39. The summed E-state index contributed by atoms with van der Waals surface area (Å²) in [6.45, 7) is 2.11. The lowest BCUT2D eigenvalue weighted by atomic mass is 9.94. The minimum atomic E-state index is -0.168. The van der Waals surface area contributed by atoms with Crippen LogP contribution in [0.15, 0.2) is 34.7 Å². The van der Waals surface area contributed by atoms with E-state index in [1.807, 2.05) is 18.2 Å². The first kappa shape index (κ1) is 9.91. The van der Waals surface area contributed by atoms with Gasteiger partial charge in [-0.05, 0) is 30.9 Å². The number of rotatable bonds is 1. The lowest BCUT2D eigenvalue weighted by Gasteiger charge is -2.14. The zero-order valence-corrected chi connectivity index (χ0v) is 9.39. The largest absolute Gasteiger partial charge is 0.461 e. The van der Waals surface area contributed by atoms with Gasteiger partial charge in [0.2, 0.25) is 0 Å². The van der Waals surface area contributed by atoms with Crippen LogP contribution in [0.5, 0.6) is 0 Å². The van der Waals surface area contributed by atoms with Crippen LogP contribution in [-0.4, -0.2) is 11.2 Å². The van der Waals surface area contributed by atoms with Crippen LogP contribution in [-0.2, 0) is 0 Å². The monoisotopic (exact) mass is 216 g/mol. The average molecular weight is 216 g/mol. The Balaban J connectivity index is 2.00. The van der Waals surface area contributed by atoms with Gasteiger partial charge in [0, 0.05) is 11.3 Å². The number of hydrogen-bond acceptors (Lipinski definition) is 2. The summed E-state index contributed by atoms with van der Waals surface area (Å²) in [7, 11) is 0. The second-order valence-electron chi connectivity index (χ2n) is 4.80. The Morgan fingerprint density at radius 3 is 2.75 bits per heavy atom. The molecule has 1 aromatic heterocycles. The number of fused-ring (bicyclic) bond motifs is 1. The fraction of sp³-hybridized carbons (Fsp3) is 0.429. The molecule has 84 valence electrons. The molecule has 0 saturated heterocycles. The number of aliphatic hydroxyl groups is 1. The van der Waals surface area contributed by atoms with Crippen molar-refractivity contribution in [3.8, 4) is 0 Å². The molecule has 0 spiro atoms. The van der Waals surface area contributed by atoms with Crippen LogP contribution in [0.2, 0.25) is 0 Å². The second-order valence-corrected chi connectivity index (χ2v) is 4.80. The van der Waals surface area contributed by atoms with Crippen molar-refractivity contribution in [2.24, 2.45) is 5.92 Å². The summed E-state index contributed by atoms with van der Waals surface area (Å²) < 4.78 is 5.86. The van der Waals surface area contributed by atoms with Crippen molar-refractivity contribution in [3.05, 3.63) is 36.1 Å². The maximum Gasteiger partial charge on any atom is 0.134 e. The van der Waals surface area contributed by atoms with E-state index in [1.54, 1.807) is 0 Å². The minimum absolute atomic E-state index is 0.168. The van der Waals surface area contributed by atoms with Gasteiger partial charge >= 0.3 is 0 Å². The summed E-state index contributed by atoms with van der Waals surface area (Å²) in [5.74, 6) is 1.72. The Hall–Kier alpha value is -1.28. The third-order valence-electron chi connectivity index (χ3n) is 3.83. The number of furan rings is 1. The lowest BCUT2D eigenvalue weighted by molar-refractivity contribution is 0.134. The van der Waals surface area contributed by atoms with E-state index in [1.165, 1.54) is 0 Å². The van der Waals surface area contributed by atoms with Crippen LogP contribution in [0.4, 0.5) is 0 Å². The molecule has 1 saturated carbocycles. The first-order valence-corrected chi connectivity index (χ1v) is 5.92. The van der Waals surface area contributed by atoms with Crippen LogP contribution < -0.4 is 0 Å². The highest BCUT2D eigenvalue weighted by molar-refractivity contribution is 5.77. The van der Waals surface area contributed by atoms with Crippen molar-refractivity contribution in [1.82, 2.24) is 0 Å². The second kappa shape index (κ2) is 3.63. The van der Waals surface area contributed by atoms with Crippen molar-refractivity contribution in [1.29, 1.82) is 0 Å². The predicted octanol–water partition coefficient (Wildman–Crippen LogP) is 3.31. The lowest BCUT2D eigenvalue weighted by Crippen LogP contribution is -2.13. The van der Waals surface area contributed by atoms with Crippen molar-refractivity contribution in [2.45, 2.75) is 31.8 Å². The van der Waals surface area contributed by atoms with Crippen molar-refractivity contribution >= 4 is 11.0 Å². The molecule has 0 amide bonds. The summed E-state index contributed by atoms with van der Waals surface area (Å²) in [4.78, 5) is 0. The molecule has 2 aromatic rings. The van der Waals surface area contributed by atoms with Crippen molar-refractivity contribution in [3.63, 3.8) is 0 Å². The van der Waals surface area contributed by atoms with Gasteiger partial charge in [0.1, 0.15) is 11.3 Å². The SMILES string of the molecule is CC1C(O)CCC1c1cc2ccccc2o1. The molecule has 2 nitrogen and oxygen atoms in total. The molecule has 1 heterocycles. The van der Waals surface area contributed by atoms with E-state index in [9.17, 15) is 5.11 Å². The number of benzene rings is 1. The summed E-state index contributed by atoms with van der Waals surface area (Å²) in [6.07, 6.45) is 1.75. The maximum absolute atomic E-state index is 9.76. The topological polar surface area (TPSA) is 33.4 Å². The quantitative estimate of drug-likeness (QED) is 0.793. The van der Waals surface area contributed by atoms with E-state index in [-0.39, 0.29) is 6.10 Å². The van der Waals surface area contributed by atoms with Crippen molar-refractivity contribution < 1.29 is 9.52 Å². The molecule has 0 aliphatic heterocycles. The van der Waals surface area contributed by atoms with Gasteiger partial charge in [-0.25, -0.2) is 0 Å². The molecule has 1 aromatic carbocycles. The van der Waals surface area contributed by atoms with E-state index in [4.69, 9.17) is 4.42 Å². The zero-order chi connectivity index (χ0) is 11.1. The molecule has 0 radical (unpaired) electrons. The van der Waals surface area contributed by atoms with Crippen LogP contribution in [0.3, 0.4) is 0 Å². The molecule has 1 fully saturated rings. The summed E-state index contributed by atoms with van der Waals surface area (Å²) in [6, 6.07) is 10.2. The van der Waals surface area contributed by atoms with Gasteiger partial charge in [0.15, 0.2) is 0 Å². The van der Waals surface area contributed by atoms with Gasteiger partial charge in [-0.2, -0.15) is 0 Å². The van der Waals surface area contributed by atoms with E-state index in [2.05, 4.69) is 19.1 Å². The molecular weight excluding hydrogens is 200 g/mol. The summed E-state index contributed by atoms with van der Waals surface area (Å²) >= 11 is 0. The maximum atomic E-state index is 9.76. The number of hydrogen-bond donors (Lipinski definition) is 1. The molecule has 1 aliphatic carbocycles. The van der Waals surface area contributed by atoms with Crippen LogP contribution >= 0.6 is 0 Å². The Kier molecular flexibility index (Phi) is 2.25. The van der Waals surface area contributed by atoms with Crippen LogP contribution in [0, 0.1) is 5.92 Å². The highest BCUT2D eigenvalue weighted by Gasteiger charge is 2.34. The molecule has 2 heteroatoms. The smallest absolute Gasteiger partial charge is 0.134 e. The Labute approximate surface area is 94.9 Å². The third-order valence-corrected chi connectivity index (χ3v) is 3.83. The Morgan fingerprint density at radius 1 is 1.25 bits per heavy atom. The van der Waals surface area contributed by atoms with Gasteiger partial charge in [-0.15, -0.1) is 0 Å². The highest BCUT2D eigenvalue weighted by atomic mass is 16.3. The van der Waals surface area contributed by atoms with Crippen LogP contribution in [0.1, 0.15) is 31.4 Å². The number of aliphatic hydroxyl groups excluding tert-OH is 1. The van der Waals surface area contributed by atoms with E-state index < -0.39 is 0 Å². The molecular formula is C14H16O2. The Morgan fingerprint density at radius 2 is 2.06 bits per heavy atom. The molecule has 0 bridgehead atoms. The first-order chi connectivity index (χ1) is 7.75. The van der Waals surface area contributed by atoms with E-state index in [0.29, 0.717) is 11.8 Å². The molecule has 16 heavy (non-hydrogen) atoms. The fourth-order valence-electron chi connectivity index (χ4n) is 2.73. The molecule has 1 N–H and O–H groups in total. The fourth-order valence-corrected chi connectivity index (χ4v) is 2.73. The summed E-state index contributed by atoms with van der Waals surface area (Å²) in [5, 5.41) is 10.9. The number of para-hydroxylation sites is 1. The van der Waals surface area contributed by atoms with E-state index >= 15 is 0 Å². The first-order valence-electron chi connectivity index (χ1n) is 5.92. The molecule has 3 unspecified atom stereocenters. The van der Waals surface area contributed by atoms with Crippen LogP contribution in [0.25, 0.3) is 11.0 Å². The summed E-state index contributed by atoms with van der Waals surface area (Å²) in [5.41, 5.74) is 0.950. The molecule has 3 rings (SSSR count). The standard InChI is InChI=1S/C14H16O2/c1-9-11(6-7-12(9)15)14-8-10-4-2-3-5-13(10)16-14/h2-5,8-9,11-12,15H,6-7H2,1H3. The van der Waals surface area contributed by atoms with Gasteiger partial charge in [0.05, 0.1) is 6.10 Å². The third kappa shape index (κ3) is 1.45. The highest BCUT2D eigenvalue weighted by Crippen LogP contribution is 2.41. The van der Waals surface area contributed by atoms with E-state index in [0.717, 1.165) is 29.6 Å². The Bertz CT molecular complexity index is 467. The average Bonchev–Trinajstić information content (AvgIpc) is 2.84.